The Kier molecular flexibility index (Phi) is 3.29. The number of carbonyl (C=O) groups is 1. The summed E-state index contributed by atoms with van der Waals surface area (Å²) in [5.41, 5.74) is 1.42. The molecule has 1 aliphatic carbocycles. The summed E-state index contributed by atoms with van der Waals surface area (Å²) in [6.07, 6.45) is 4.22. The first-order chi connectivity index (χ1) is 6.02. The third-order valence-electron chi connectivity index (χ3n) is 3.44. The monoisotopic (exact) mass is 180 g/mol. The van der Waals surface area contributed by atoms with Crippen molar-refractivity contribution in [3.63, 3.8) is 0 Å². The van der Waals surface area contributed by atoms with Crippen LogP contribution in [0.25, 0.3) is 0 Å². The van der Waals surface area contributed by atoms with Gasteiger partial charge in [0.25, 0.3) is 0 Å². The molecule has 0 N–H and O–H groups in total. The molecule has 0 aromatic heterocycles. The van der Waals surface area contributed by atoms with Crippen LogP contribution in [0.4, 0.5) is 0 Å². The summed E-state index contributed by atoms with van der Waals surface area (Å²) in [4.78, 5) is 11.1. The van der Waals surface area contributed by atoms with Gasteiger partial charge in [-0.15, -0.1) is 0 Å². The molecule has 0 spiro atoms. The molecule has 1 heteroatoms. The second kappa shape index (κ2) is 4.08. The molecule has 0 aromatic rings. The van der Waals surface area contributed by atoms with Crippen LogP contribution in [-0.2, 0) is 4.79 Å². The minimum Gasteiger partial charge on any atom is -0.300 e. The van der Waals surface area contributed by atoms with Crippen LogP contribution in [0.5, 0.6) is 0 Å². The highest BCUT2D eigenvalue weighted by molar-refractivity contribution is 5.76. The van der Waals surface area contributed by atoms with Gasteiger partial charge in [0, 0.05) is 6.42 Å². The summed E-state index contributed by atoms with van der Waals surface area (Å²) in [5, 5.41) is 0. The lowest BCUT2D eigenvalue weighted by molar-refractivity contribution is -0.118. The molecular formula is C12H20O. The van der Waals surface area contributed by atoms with Crippen molar-refractivity contribution >= 4 is 5.78 Å². The van der Waals surface area contributed by atoms with Gasteiger partial charge in [-0.1, -0.05) is 25.5 Å². The minimum absolute atomic E-state index is 0.318. The topological polar surface area (TPSA) is 17.1 Å². The van der Waals surface area contributed by atoms with Gasteiger partial charge >= 0.3 is 0 Å². The van der Waals surface area contributed by atoms with Gasteiger partial charge in [0.15, 0.2) is 0 Å². The average molecular weight is 180 g/mol. The number of rotatable bonds is 2. The van der Waals surface area contributed by atoms with Crippen LogP contribution in [0.1, 0.15) is 40.5 Å². The Bertz CT molecular complexity index is 227. The Morgan fingerprint density at radius 2 is 2.15 bits per heavy atom. The Morgan fingerprint density at radius 3 is 2.69 bits per heavy atom. The number of allylic oxidation sites excluding steroid dienone is 2. The maximum absolute atomic E-state index is 11.1. The normalized spacial score (nSPS) is 34.2. The standard InChI is InChI=1S/C12H20O/c1-8-5-6-9(2)12(11(8)4)7-10(3)13/h6,8,11-12H,5,7H2,1-4H3. The van der Waals surface area contributed by atoms with E-state index < -0.39 is 0 Å². The van der Waals surface area contributed by atoms with Crippen molar-refractivity contribution in [2.45, 2.75) is 40.5 Å². The number of hydrogen-bond acceptors (Lipinski definition) is 1. The van der Waals surface area contributed by atoms with Crippen molar-refractivity contribution in [3.05, 3.63) is 11.6 Å². The summed E-state index contributed by atoms with van der Waals surface area (Å²) in [6, 6.07) is 0. The van der Waals surface area contributed by atoms with E-state index in [1.165, 1.54) is 12.0 Å². The average Bonchev–Trinajstić information content (AvgIpc) is 2.05. The van der Waals surface area contributed by atoms with Crippen LogP contribution in [-0.4, -0.2) is 5.78 Å². The Labute approximate surface area is 81.2 Å². The highest BCUT2D eigenvalue weighted by atomic mass is 16.1. The lowest BCUT2D eigenvalue weighted by Crippen LogP contribution is -2.25. The van der Waals surface area contributed by atoms with Gasteiger partial charge in [-0.05, 0) is 38.0 Å². The molecule has 0 amide bonds. The van der Waals surface area contributed by atoms with Crippen LogP contribution in [0.3, 0.4) is 0 Å². The van der Waals surface area contributed by atoms with Crippen LogP contribution < -0.4 is 0 Å². The minimum atomic E-state index is 0.318. The van der Waals surface area contributed by atoms with Crippen molar-refractivity contribution in [1.29, 1.82) is 0 Å². The summed E-state index contributed by atoms with van der Waals surface area (Å²) in [6.45, 7) is 8.41. The molecule has 0 saturated carbocycles. The van der Waals surface area contributed by atoms with E-state index in [4.69, 9.17) is 0 Å². The number of ketones is 1. The molecule has 1 rings (SSSR count). The molecule has 13 heavy (non-hydrogen) atoms. The second-order valence-electron chi connectivity index (χ2n) is 4.53. The van der Waals surface area contributed by atoms with Gasteiger partial charge in [0.1, 0.15) is 5.78 Å². The van der Waals surface area contributed by atoms with Crippen LogP contribution in [0.15, 0.2) is 11.6 Å². The highest BCUT2D eigenvalue weighted by Crippen LogP contribution is 2.36. The first kappa shape index (κ1) is 10.5. The molecule has 0 heterocycles. The molecule has 3 unspecified atom stereocenters. The number of Topliss-reactive ketones (excluding diaryl/α,β-unsaturated/α-hetero) is 1. The largest absolute Gasteiger partial charge is 0.300 e. The lowest BCUT2D eigenvalue weighted by atomic mass is 9.72. The van der Waals surface area contributed by atoms with Crippen LogP contribution in [0, 0.1) is 17.8 Å². The van der Waals surface area contributed by atoms with Crippen molar-refractivity contribution in [2.24, 2.45) is 17.8 Å². The van der Waals surface area contributed by atoms with Crippen molar-refractivity contribution in [1.82, 2.24) is 0 Å². The summed E-state index contributed by atoms with van der Waals surface area (Å²) >= 11 is 0. The molecule has 3 atom stereocenters. The van der Waals surface area contributed by atoms with Gasteiger partial charge in [0.05, 0.1) is 0 Å². The zero-order valence-corrected chi connectivity index (χ0v) is 9.13. The zero-order valence-electron chi connectivity index (χ0n) is 9.13. The van der Waals surface area contributed by atoms with Gasteiger partial charge < -0.3 is 4.79 Å². The fourth-order valence-electron chi connectivity index (χ4n) is 2.21. The SMILES string of the molecule is CC(=O)CC1C(C)=CCC(C)C1C. The first-order valence-corrected chi connectivity index (χ1v) is 5.18. The predicted octanol–water partition coefficient (Wildman–Crippen LogP) is 3.20. The Balaban J connectivity index is 2.73. The molecule has 0 bridgehead atoms. The van der Waals surface area contributed by atoms with E-state index >= 15 is 0 Å². The molecule has 0 fully saturated rings. The molecule has 0 radical (unpaired) electrons. The lowest BCUT2D eigenvalue weighted by Gasteiger charge is -2.33. The number of carbonyl (C=O) groups excluding carboxylic acids is 1. The van der Waals surface area contributed by atoms with Gasteiger partial charge in [-0.25, -0.2) is 0 Å². The molecule has 0 aliphatic heterocycles. The summed E-state index contributed by atoms with van der Waals surface area (Å²) in [7, 11) is 0. The van der Waals surface area contributed by atoms with E-state index in [-0.39, 0.29) is 0 Å². The van der Waals surface area contributed by atoms with Crippen molar-refractivity contribution in [2.75, 3.05) is 0 Å². The molecule has 74 valence electrons. The third kappa shape index (κ3) is 2.43. The van der Waals surface area contributed by atoms with Gasteiger partial charge in [-0.2, -0.15) is 0 Å². The van der Waals surface area contributed by atoms with E-state index in [1.807, 2.05) is 0 Å². The van der Waals surface area contributed by atoms with E-state index in [2.05, 4.69) is 26.8 Å². The fraction of sp³-hybridized carbons (Fsp3) is 0.750. The van der Waals surface area contributed by atoms with Crippen molar-refractivity contribution in [3.8, 4) is 0 Å². The molecule has 0 saturated heterocycles. The fourth-order valence-corrected chi connectivity index (χ4v) is 2.21. The first-order valence-electron chi connectivity index (χ1n) is 5.18. The van der Waals surface area contributed by atoms with E-state index in [0.29, 0.717) is 17.6 Å². The van der Waals surface area contributed by atoms with Gasteiger partial charge in [0.2, 0.25) is 0 Å². The molecular weight excluding hydrogens is 160 g/mol. The second-order valence-corrected chi connectivity index (χ2v) is 4.53. The molecule has 0 aromatic carbocycles. The maximum atomic E-state index is 11.1. The van der Waals surface area contributed by atoms with E-state index in [1.54, 1.807) is 6.92 Å². The van der Waals surface area contributed by atoms with Crippen LogP contribution >= 0.6 is 0 Å². The summed E-state index contributed by atoms with van der Waals surface area (Å²) in [5.74, 6) is 2.21. The highest BCUT2D eigenvalue weighted by Gasteiger charge is 2.27. The number of hydrogen-bond donors (Lipinski definition) is 0. The van der Waals surface area contributed by atoms with E-state index in [0.717, 1.165) is 12.3 Å². The molecule has 1 nitrogen and oxygen atoms in total. The van der Waals surface area contributed by atoms with Crippen molar-refractivity contribution < 1.29 is 4.79 Å². The molecule has 1 aliphatic rings. The predicted molar refractivity (Wildman–Crippen MR) is 55.5 cm³/mol. The van der Waals surface area contributed by atoms with E-state index in [9.17, 15) is 4.79 Å². The van der Waals surface area contributed by atoms with Crippen LogP contribution in [0.2, 0.25) is 0 Å². The maximum Gasteiger partial charge on any atom is 0.130 e. The third-order valence-corrected chi connectivity index (χ3v) is 3.44. The van der Waals surface area contributed by atoms with Gasteiger partial charge in [-0.3, -0.25) is 0 Å². The zero-order chi connectivity index (χ0) is 10.0. The summed E-state index contributed by atoms with van der Waals surface area (Å²) < 4.78 is 0. The smallest absolute Gasteiger partial charge is 0.130 e. The Hall–Kier alpha value is -0.590. The quantitative estimate of drug-likeness (QED) is 0.596. The Morgan fingerprint density at radius 1 is 1.54 bits per heavy atom.